The van der Waals surface area contributed by atoms with Crippen LogP contribution in [0, 0.1) is 0 Å². The molecule has 1 fully saturated rings. The zero-order valence-corrected chi connectivity index (χ0v) is 17.3. The number of hydrogen-bond acceptors (Lipinski definition) is 4. The molecule has 0 unspecified atom stereocenters. The van der Waals surface area contributed by atoms with Gasteiger partial charge in [-0.25, -0.2) is 4.79 Å². The van der Waals surface area contributed by atoms with Gasteiger partial charge in [-0.1, -0.05) is 18.2 Å². The van der Waals surface area contributed by atoms with E-state index in [9.17, 15) is 4.79 Å². The van der Waals surface area contributed by atoms with Crippen LogP contribution in [-0.2, 0) is 26.2 Å². The molecule has 2 heterocycles. The van der Waals surface area contributed by atoms with Crippen molar-refractivity contribution in [3.8, 4) is 0 Å². The second kappa shape index (κ2) is 8.09. The lowest BCUT2D eigenvalue weighted by molar-refractivity contribution is -0.443. The number of ether oxygens (including phenoxy) is 3. The van der Waals surface area contributed by atoms with Gasteiger partial charge in [-0.15, -0.1) is 0 Å². The van der Waals surface area contributed by atoms with Gasteiger partial charge in [0.25, 0.3) is 0 Å². The third kappa shape index (κ3) is 3.98. The Kier molecular flexibility index (Phi) is 5.52. The van der Waals surface area contributed by atoms with E-state index >= 15 is 0 Å². The van der Waals surface area contributed by atoms with Crippen molar-refractivity contribution in [2.75, 3.05) is 19.8 Å². The van der Waals surface area contributed by atoms with Crippen molar-refractivity contribution < 1.29 is 23.6 Å². The van der Waals surface area contributed by atoms with Crippen molar-refractivity contribution in [2.45, 2.75) is 45.5 Å². The van der Waals surface area contributed by atoms with Crippen LogP contribution in [0.15, 0.2) is 48.5 Å². The average molecular weight is 394 g/mol. The Morgan fingerprint density at radius 2 is 1.86 bits per heavy atom. The first-order valence-electron chi connectivity index (χ1n) is 10.2. The first-order chi connectivity index (χ1) is 14.0. The third-order valence-electron chi connectivity index (χ3n) is 5.99. The summed E-state index contributed by atoms with van der Waals surface area (Å²) in [6.07, 6.45) is 0.732. The maximum atomic E-state index is 12.2. The molecule has 0 aromatic heterocycles. The molecule has 0 bridgehead atoms. The summed E-state index contributed by atoms with van der Waals surface area (Å²) in [6, 6.07) is 15.4. The molecule has 0 saturated carbocycles. The zero-order valence-electron chi connectivity index (χ0n) is 17.3. The second-order valence-corrected chi connectivity index (χ2v) is 8.12. The van der Waals surface area contributed by atoms with Gasteiger partial charge in [-0.2, -0.15) is 4.58 Å². The summed E-state index contributed by atoms with van der Waals surface area (Å²) in [5.41, 5.74) is 5.27. The minimum absolute atomic E-state index is 0.0772. The Morgan fingerprint density at radius 3 is 2.59 bits per heavy atom. The minimum atomic E-state index is -0.300. The highest BCUT2D eigenvalue weighted by molar-refractivity contribution is 5.93. The van der Waals surface area contributed by atoms with Gasteiger partial charge in [0.15, 0.2) is 18.5 Å². The van der Waals surface area contributed by atoms with Crippen LogP contribution in [-0.4, -0.2) is 42.3 Å². The van der Waals surface area contributed by atoms with Gasteiger partial charge in [-0.3, -0.25) is 0 Å². The molecular formula is C24H28NO4+. The van der Waals surface area contributed by atoms with E-state index in [0.29, 0.717) is 18.8 Å². The van der Waals surface area contributed by atoms with Crippen molar-refractivity contribution in [1.82, 2.24) is 0 Å². The van der Waals surface area contributed by atoms with Gasteiger partial charge in [0.2, 0.25) is 5.69 Å². The van der Waals surface area contributed by atoms with E-state index in [1.165, 1.54) is 17.0 Å². The maximum absolute atomic E-state index is 12.2. The number of esters is 1. The van der Waals surface area contributed by atoms with Crippen molar-refractivity contribution in [3.63, 3.8) is 0 Å². The monoisotopic (exact) mass is 394 g/mol. The number of fused-ring (bicyclic) bond motifs is 1. The molecule has 0 radical (unpaired) electrons. The van der Waals surface area contributed by atoms with Crippen LogP contribution >= 0.6 is 0 Å². The SMILES string of the molecule is CC1=[N+](CCC2OCCO2)c2ccc(COC(=O)c3ccccc3)cc2C1(C)C. The number of rotatable bonds is 6. The molecule has 2 aliphatic rings. The summed E-state index contributed by atoms with van der Waals surface area (Å²) in [6.45, 7) is 9.15. The van der Waals surface area contributed by atoms with Crippen molar-refractivity contribution >= 4 is 17.4 Å². The average Bonchev–Trinajstić information content (AvgIpc) is 3.32. The van der Waals surface area contributed by atoms with Crippen LogP contribution in [0.2, 0.25) is 0 Å². The molecule has 0 spiro atoms. The third-order valence-corrected chi connectivity index (χ3v) is 5.99. The lowest BCUT2D eigenvalue weighted by Gasteiger charge is -2.16. The van der Waals surface area contributed by atoms with Gasteiger partial charge in [-0.05, 0) is 43.7 Å². The smallest absolute Gasteiger partial charge is 0.338 e. The lowest BCUT2D eigenvalue weighted by atomic mass is 9.82. The van der Waals surface area contributed by atoms with Crippen LogP contribution in [0.1, 0.15) is 48.7 Å². The standard InChI is InChI=1S/C24H28NO4/c1-17-24(2,3)20-15-18(16-29-23(26)19-7-5-4-6-8-19)9-10-21(20)25(17)12-11-22-27-13-14-28-22/h4-10,15,22H,11-14,16H2,1-3H3/q+1. The molecule has 2 aromatic rings. The molecule has 29 heavy (non-hydrogen) atoms. The number of carbonyl (C=O) groups excluding carboxylic acids is 1. The molecule has 1 saturated heterocycles. The molecule has 0 amide bonds. The minimum Gasteiger partial charge on any atom is -0.457 e. The van der Waals surface area contributed by atoms with Crippen LogP contribution < -0.4 is 0 Å². The summed E-state index contributed by atoms with van der Waals surface area (Å²) in [7, 11) is 0. The highest BCUT2D eigenvalue weighted by Crippen LogP contribution is 2.40. The summed E-state index contributed by atoms with van der Waals surface area (Å²) < 4.78 is 19.1. The van der Waals surface area contributed by atoms with Crippen LogP contribution in [0.5, 0.6) is 0 Å². The molecule has 2 aromatic carbocycles. The fourth-order valence-corrected chi connectivity index (χ4v) is 4.02. The highest BCUT2D eigenvalue weighted by atomic mass is 16.7. The summed E-state index contributed by atoms with van der Waals surface area (Å²) in [5.74, 6) is -0.300. The summed E-state index contributed by atoms with van der Waals surface area (Å²) >= 11 is 0. The number of benzene rings is 2. The van der Waals surface area contributed by atoms with Crippen LogP contribution in [0.4, 0.5) is 5.69 Å². The van der Waals surface area contributed by atoms with Crippen molar-refractivity contribution in [1.29, 1.82) is 0 Å². The fourth-order valence-electron chi connectivity index (χ4n) is 4.02. The van der Waals surface area contributed by atoms with E-state index in [0.717, 1.165) is 18.5 Å². The van der Waals surface area contributed by atoms with Gasteiger partial charge in [0, 0.05) is 18.6 Å². The molecule has 0 atom stereocenters. The molecule has 5 nitrogen and oxygen atoms in total. The molecule has 4 rings (SSSR count). The Labute approximate surface area is 171 Å². The Bertz CT molecular complexity index is 927. The largest absolute Gasteiger partial charge is 0.457 e. The van der Waals surface area contributed by atoms with E-state index < -0.39 is 0 Å². The normalized spacial score (nSPS) is 18.2. The first kappa shape index (κ1) is 19.8. The number of carbonyl (C=O) groups is 1. The fraction of sp³-hybridized carbons (Fsp3) is 0.417. The van der Waals surface area contributed by atoms with Gasteiger partial charge in [0.05, 0.1) is 30.6 Å². The Balaban J connectivity index is 1.48. The van der Waals surface area contributed by atoms with Crippen LogP contribution in [0.25, 0.3) is 0 Å². The molecular weight excluding hydrogens is 366 g/mol. The summed E-state index contributed by atoms with van der Waals surface area (Å²) in [4.78, 5) is 12.2. The van der Waals surface area contributed by atoms with E-state index in [1.807, 2.05) is 24.3 Å². The topological polar surface area (TPSA) is 47.8 Å². The van der Waals surface area contributed by atoms with E-state index in [-0.39, 0.29) is 24.3 Å². The predicted octanol–water partition coefficient (Wildman–Crippen LogP) is 4.20. The second-order valence-electron chi connectivity index (χ2n) is 8.12. The maximum Gasteiger partial charge on any atom is 0.338 e. The Morgan fingerprint density at radius 1 is 1.14 bits per heavy atom. The lowest BCUT2D eigenvalue weighted by Crippen LogP contribution is -2.27. The highest BCUT2D eigenvalue weighted by Gasteiger charge is 2.43. The quantitative estimate of drug-likeness (QED) is 0.544. The molecule has 2 aliphatic heterocycles. The summed E-state index contributed by atoms with van der Waals surface area (Å²) in [5, 5.41) is 0. The van der Waals surface area contributed by atoms with Crippen molar-refractivity contribution in [3.05, 3.63) is 65.2 Å². The molecule has 152 valence electrons. The van der Waals surface area contributed by atoms with Gasteiger partial charge in [0.1, 0.15) is 6.61 Å². The predicted molar refractivity (Wildman–Crippen MR) is 111 cm³/mol. The molecule has 0 aliphatic carbocycles. The van der Waals surface area contributed by atoms with Gasteiger partial charge >= 0.3 is 5.97 Å². The zero-order chi connectivity index (χ0) is 20.4. The van der Waals surface area contributed by atoms with E-state index in [1.54, 1.807) is 12.1 Å². The van der Waals surface area contributed by atoms with E-state index in [4.69, 9.17) is 14.2 Å². The van der Waals surface area contributed by atoms with Gasteiger partial charge < -0.3 is 14.2 Å². The van der Waals surface area contributed by atoms with E-state index in [2.05, 4.69) is 37.5 Å². The molecule has 0 N–H and O–H groups in total. The van der Waals surface area contributed by atoms with Crippen LogP contribution in [0.3, 0.4) is 0 Å². The Hall–Kier alpha value is -2.50. The van der Waals surface area contributed by atoms with Crippen molar-refractivity contribution in [2.24, 2.45) is 0 Å². The molecule has 5 heteroatoms. The number of hydrogen-bond donors (Lipinski definition) is 0. The first-order valence-corrected chi connectivity index (χ1v) is 10.2. The number of nitrogens with zero attached hydrogens (tertiary/aromatic N) is 1.